The zero-order valence-corrected chi connectivity index (χ0v) is 17.6. The first-order valence-corrected chi connectivity index (χ1v) is 10.5. The molecule has 1 aromatic heterocycles. The standard InChI is InChI=1S/C25H26FN3O2/c1-31-23-7-2-4-18(14-23)17-29-12-10-22(11-13-29)28-25(30)20-8-9-24(27-16-20)19-5-3-6-21(26)15-19/h2-9,14-16,22H,10-13,17H2,1H3,(H,28,30). The van der Waals surface area contributed by atoms with E-state index in [0.717, 1.165) is 38.2 Å². The zero-order valence-electron chi connectivity index (χ0n) is 17.6. The number of pyridine rings is 1. The third-order valence-electron chi connectivity index (χ3n) is 5.61. The summed E-state index contributed by atoms with van der Waals surface area (Å²) in [4.78, 5) is 19.3. The van der Waals surface area contributed by atoms with Crippen molar-refractivity contribution in [2.24, 2.45) is 0 Å². The lowest BCUT2D eigenvalue weighted by atomic mass is 10.0. The van der Waals surface area contributed by atoms with Gasteiger partial charge < -0.3 is 10.1 Å². The van der Waals surface area contributed by atoms with Crippen LogP contribution in [0.4, 0.5) is 4.39 Å². The van der Waals surface area contributed by atoms with Gasteiger partial charge in [0.05, 0.1) is 18.4 Å². The second-order valence-electron chi connectivity index (χ2n) is 7.82. The summed E-state index contributed by atoms with van der Waals surface area (Å²) < 4.78 is 18.7. The Morgan fingerprint density at radius 2 is 1.94 bits per heavy atom. The molecule has 0 bridgehead atoms. The van der Waals surface area contributed by atoms with Crippen molar-refractivity contribution >= 4 is 5.91 Å². The van der Waals surface area contributed by atoms with Crippen LogP contribution in [0.5, 0.6) is 5.75 Å². The lowest BCUT2D eigenvalue weighted by Gasteiger charge is -2.32. The molecule has 1 amide bonds. The summed E-state index contributed by atoms with van der Waals surface area (Å²) in [5.74, 6) is 0.445. The van der Waals surface area contributed by atoms with Crippen LogP contribution in [0.15, 0.2) is 66.9 Å². The highest BCUT2D eigenvalue weighted by Gasteiger charge is 2.21. The van der Waals surface area contributed by atoms with Gasteiger partial charge in [-0.25, -0.2) is 4.39 Å². The van der Waals surface area contributed by atoms with Gasteiger partial charge in [0.1, 0.15) is 11.6 Å². The molecule has 4 rings (SSSR count). The Morgan fingerprint density at radius 3 is 2.65 bits per heavy atom. The average Bonchev–Trinajstić information content (AvgIpc) is 2.80. The van der Waals surface area contributed by atoms with Crippen LogP contribution in [0.3, 0.4) is 0 Å². The Balaban J connectivity index is 1.28. The number of hydrogen-bond donors (Lipinski definition) is 1. The van der Waals surface area contributed by atoms with Crippen LogP contribution in [0.25, 0.3) is 11.3 Å². The molecule has 3 aromatic rings. The van der Waals surface area contributed by atoms with E-state index in [1.165, 1.54) is 17.7 Å². The van der Waals surface area contributed by atoms with Gasteiger partial charge in [-0.2, -0.15) is 0 Å². The number of methoxy groups -OCH3 is 1. The molecule has 6 heteroatoms. The van der Waals surface area contributed by atoms with Crippen molar-refractivity contribution < 1.29 is 13.9 Å². The minimum Gasteiger partial charge on any atom is -0.497 e. The number of nitrogens with one attached hydrogen (secondary N) is 1. The van der Waals surface area contributed by atoms with Crippen LogP contribution in [-0.2, 0) is 6.54 Å². The normalized spacial score (nSPS) is 14.9. The van der Waals surface area contributed by atoms with E-state index < -0.39 is 0 Å². The number of piperidine rings is 1. The topological polar surface area (TPSA) is 54.5 Å². The fourth-order valence-electron chi connectivity index (χ4n) is 3.88. The summed E-state index contributed by atoms with van der Waals surface area (Å²) in [5, 5.41) is 3.12. The number of amides is 1. The van der Waals surface area contributed by atoms with E-state index in [4.69, 9.17) is 4.74 Å². The van der Waals surface area contributed by atoms with E-state index >= 15 is 0 Å². The van der Waals surface area contributed by atoms with Gasteiger partial charge in [0.15, 0.2) is 0 Å². The van der Waals surface area contributed by atoms with Gasteiger partial charge in [0, 0.05) is 37.4 Å². The fourth-order valence-corrected chi connectivity index (χ4v) is 3.88. The van der Waals surface area contributed by atoms with Crippen LogP contribution >= 0.6 is 0 Å². The van der Waals surface area contributed by atoms with Gasteiger partial charge in [-0.15, -0.1) is 0 Å². The van der Waals surface area contributed by atoms with Gasteiger partial charge >= 0.3 is 0 Å². The molecule has 2 heterocycles. The highest BCUT2D eigenvalue weighted by molar-refractivity contribution is 5.94. The summed E-state index contributed by atoms with van der Waals surface area (Å²) >= 11 is 0. The van der Waals surface area contributed by atoms with Crippen molar-refractivity contribution in [3.63, 3.8) is 0 Å². The molecule has 1 saturated heterocycles. The Kier molecular flexibility index (Phi) is 6.57. The molecular weight excluding hydrogens is 393 g/mol. The minimum atomic E-state index is -0.307. The molecule has 2 aromatic carbocycles. The van der Waals surface area contributed by atoms with E-state index in [-0.39, 0.29) is 17.8 Å². The summed E-state index contributed by atoms with van der Waals surface area (Å²) in [6.45, 7) is 2.74. The van der Waals surface area contributed by atoms with E-state index in [1.807, 2.05) is 12.1 Å². The predicted molar refractivity (Wildman–Crippen MR) is 118 cm³/mol. The van der Waals surface area contributed by atoms with Gasteiger partial charge in [-0.1, -0.05) is 24.3 Å². The summed E-state index contributed by atoms with van der Waals surface area (Å²) in [7, 11) is 1.68. The molecule has 1 N–H and O–H groups in total. The summed E-state index contributed by atoms with van der Waals surface area (Å²) in [6.07, 6.45) is 3.36. The van der Waals surface area contributed by atoms with E-state index in [0.29, 0.717) is 16.8 Å². The second kappa shape index (κ2) is 9.71. The third-order valence-corrected chi connectivity index (χ3v) is 5.61. The number of hydrogen-bond acceptors (Lipinski definition) is 4. The van der Waals surface area contributed by atoms with Gasteiger partial charge in [0.25, 0.3) is 5.91 Å². The lowest BCUT2D eigenvalue weighted by molar-refractivity contribution is 0.0908. The second-order valence-corrected chi connectivity index (χ2v) is 7.82. The molecule has 31 heavy (non-hydrogen) atoms. The van der Waals surface area contributed by atoms with Crippen LogP contribution < -0.4 is 10.1 Å². The molecule has 1 aliphatic rings. The van der Waals surface area contributed by atoms with E-state index in [2.05, 4.69) is 27.3 Å². The molecule has 1 aliphatic heterocycles. The van der Waals surface area contributed by atoms with Crippen molar-refractivity contribution in [2.75, 3.05) is 20.2 Å². The molecular formula is C25H26FN3O2. The summed E-state index contributed by atoms with van der Waals surface area (Å²) in [6, 6.07) is 18.0. The first-order valence-electron chi connectivity index (χ1n) is 10.5. The number of aromatic nitrogens is 1. The largest absolute Gasteiger partial charge is 0.497 e. The minimum absolute atomic E-state index is 0.121. The van der Waals surface area contributed by atoms with Crippen molar-refractivity contribution in [3.8, 4) is 17.0 Å². The zero-order chi connectivity index (χ0) is 21.6. The molecule has 0 unspecified atom stereocenters. The molecule has 160 valence electrons. The Bertz CT molecular complexity index is 1030. The van der Waals surface area contributed by atoms with Gasteiger partial charge in [0.2, 0.25) is 0 Å². The van der Waals surface area contributed by atoms with Crippen molar-refractivity contribution in [1.82, 2.24) is 15.2 Å². The smallest absolute Gasteiger partial charge is 0.253 e. The highest BCUT2D eigenvalue weighted by Crippen LogP contribution is 2.20. The van der Waals surface area contributed by atoms with Crippen LogP contribution in [0, 0.1) is 5.82 Å². The van der Waals surface area contributed by atoms with E-state index in [1.54, 1.807) is 37.6 Å². The maximum Gasteiger partial charge on any atom is 0.253 e. The van der Waals surface area contributed by atoms with Gasteiger partial charge in [-0.3, -0.25) is 14.7 Å². The molecule has 0 spiro atoms. The maximum absolute atomic E-state index is 13.4. The number of carbonyl (C=O) groups is 1. The Hall–Kier alpha value is -3.25. The molecule has 0 radical (unpaired) electrons. The van der Waals surface area contributed by atoms with Crippen molar-refractivity contribution in [1.29, 1.82) is 0 Å². The number of benzene rings is 2. The van der Waals surface area contributed by atoms with Gasteiger partial charge in [-0.05, 0) is 54.8 Å². The number of likely N-dealkylation sites (tertiary alicyclic amines) is 1. The van der Waals surface area contributed by atoms with Crippen LogP contribution in [0.1, 0.15) is 28.8 Å². The van der Waals surface area contributed by atoms with Crippen molar-refractivity contribution in [3.05, 3.63) is 83.8 Å². The number of nitrogens with zero attached hydrogens (tertiary/aromatic N) is 2. The Labute approximate surface area is 181 Å². The molecule has 0 atom stereocenters. The monoisotopic (exact) mass is 419 g/mol. The number of carbonyl (C=O) groups excluding carboxylic acids is 1. The highest BCUT2D eigenvalue weighted by atomic mass is 19.1. The van der Waals surface area contributed by atoms with Crippen LogP contribution in [-0.4, -0.2) is 42.0 Å². The molecule has 0 aliphatic carbocycles. The lowest BCUT2D eigenvalue weighted by Crippen LogP contribution is -2.44. The number of ether oxygens (including phenoxy) is 1. The predicted octanol–water partition coefficient (Wildman–Crippen LogP) is 4.29. The number of rotatable bonds is 6. The number of halogens is 1. The first kappa shape index (κ1) is 21.0. The molecule has 1 fully saturated rings. The molecule has 0 saturated carbocycles. The Morgan fingerprint density at radius 1 is 1.13 bits per heavy atom. The SMILES string of the molecule is COc1cccc(CN2CCC(NC(=O)c3ccc(-c4cccc(F)c4)nc3)CC2)c1. The van der Waals surface area contributed by atoms with E-state index in [9.17, 15) is 9.18 Å². The average molecular weight is 420 g/mol. The van der Waals surface area contributed by atoms with Crippen molar-refractivity contribution in [2.45, 2.75) is 25.4 Å². The molecule has 5 nitrogen and oxygen atoms in total. The first-order chi connectivity index (χ1) is 15.1. The quantitative estimate of drug-likeness (QED) is 0.648. The third kappa shape index (κ3) is 5.47. The fraction of sp³-hybridized carbons (Fsp3) is 0.280. The summed E-state index contributed by atoms with van der Waals surface area (Å²) in [5.41, 5.74) is 3.07. The maximum atomic E-state index is 13.4. The van der Waals surface area contributed by atoms with Crippen LogP contribution in [0.2, 0.25) is 0 Å².